The third-order valence-corrected chi connectivity index (χ3v) is 27.8. The molecule has 6 rings (SSSR count). The molecule has 2 aliphatic rings. The zero-order chi connectivity index (χ0) is 27.2. The summed E-state index contributed by atoms with van der Waals surface area (Å²) in [5.74, 6) is 0. The minimum atomic E-state index is -3.65. The number of rotatable bonds is 7. The van der Waals surface area contributed by atoms with E-state index in [0.717, 1.165) is 0 Å². The average molecular weight is 589 g/mol. The van der Waals surface area contributed by atoms with Gasteiger partial charge in [0.2, 0.25) is 0 Å². The van der Waals surface area contributed by atoms with E-state index in [9.17, 15) is 0 Å². The first kappa shape index (κ1) is 26.5. The summed E-state index contributed by atoms with van der Waals surface area (Å²) in [7, 11) is 0. The standard InChI is InChI=1S/2C16H13.C4H9.2CH3.Zr/c2*1-12-10-14-8-5-9-15(16(14)11-12)13-6-3-2-4-7-13;1-3-4-2;;;/h2*2-11H,1H3;1,3-4H2,2H3;2*1H3;. The fourth-order valence-corrected chi connectivity index (χ4v) is 28.4. The molecule has 0 aromatic heterocycles. The Balaban J connectivity index is 1.54. The summed E-state index contributed by atoms with van der Waals surface area (Å²) < 4.78 is 8.12. The van der Waals surface area contributed by atoms with Crippen LogP contribution in [0.25, 0.3) is 34.4 Å². The molecule has 0 bridgehead atoms. The molecule has 39 heavy (non-hydrogen) atoms. The number of benzene rings is 4. The summed E-state index contributed by atoms with van der Waals surface area (Å²) in [5, 5.41) is 0. The molecular weight excluding hydrogens is 548 g/mol. The summed E-state index contributed by atoms with van der Waals surface area (Å²) in [4.78, 5) is 0. The summed E-state index contributed by atoms with van der Waals surface area (Å²) in [6.45, 7) is 7.23. The number of unbranched alkanes of at least 4 members (excludes halogenated alkanes) is 1. The molecule has 0 heterocycles. The van der Waals surface area contributed by atoms with E-state index in [-0.39, 0.29) is 0 Å². The Bertz CT molecular complexity index is 1470. The average Bonchev–Trinajstić information content (AvgIpc) is 3.49. The molecule has 2 aliphatic carbocycles. The molecule has 4 aromatic carbocycles. The molecular formula is C38H41Zr. The van der Waals surface area contributed by atoms with Crippen molar-refractivity contribution in [2.45, 2.75) is 54.3 Å². The molecule has 0 fully saturated rings. The normalized spacial score (nSPS) is 19.1. The van der Waals surface area contributed by atoms with Crippen LogP contribution in [0.3, 0.4) is 0 Å². The molecule has 0 saturated heterocycles. The van der Waals surface area contributed by atoms with Crippen LogP contribution in [0.15, 0.2) is 108 Å². The third-order valence-electron chi connectivity index (χ3n) is 9.94. The fraction of sp³-hybridized carbons (Fsp3) is 0.263. The van der Waals surface area contributed by atoms with Gasteiger partial charge < -0.3 is 0 Å². The number of fused-ring (bicyclic) bond motifs is 2. The maximum atomic E-state index is 2.82. The van der Waals surface area contributed by atoms with Gasteiger partial charge in [0.05, 0.1) is 0 Å². The van der Waals surface area contributed by atoms with Gasteiger partial charge in [-0.3, -0.25) is 0 Å². The quantitative estimate of drug-likeness (QED) is 0.201. The molecule has 0 aliphatic heterocycles. The van der Waals surface area contributed by atoms with Crippen molar-refractivity contribution in [1.82, 2.24) is 0 Å². The molecule has 0 nitrogen and oxygen atoms in total. The van der Waals surface area contributed by atoms with Gasteiger partial charge >= 0.3 is 238 Å². The van der Waals surface area contributed by atoms with Gasteiger partial charge in [-0.05, 0) is 0 Å². The number of hydrogen-bond acceptors (Lipinski definition) is 0. The van der Waals surface area contributed by atoms with Gasteiger partial charge in [-0.15, -0.1) is 0 Å². The van der Waals surface area contributed by atoms with Gasteiger partial charge in [-0.25, -0.2) is 0 Å². The van der Waals surface area contributed by atoms with E-state index >= 15 is 0 Å². The molecule has 4 aromatic rings. The van der Waals surface area contributed by atoms with Crippen LogP contribution < -0.4 is 0 Å². The Labute approximate surface area is 236 Å². The fourth-order valence-electron chi connectivity index (χ4n) is 8.55. The zero-order valence-electron chi connectivity index (χ0n) is 24.2. The van der Waals surface area contributed by atoms with Crippen molar-refractivity contribution >= 4 is 12.2 Å². The first-order valence-electron chi connectivity index (χ1n) is 14.8. The molecule has 2 atom stereocenters. The van der Waals surface area contributed by atoms with Crippen LogP contribution in [0.2, 0.25) is 13.4 Å². The summed E-state index contributed by atoms with van der Waals surface area (Å²) in [6, 6.07) is 36.1. The monoisotopic (exact) mass is 587 g/mol. The Hall–Kier alpha value is -2.76. The van der Waals surface area contributed by atoms with E-state index < -0.39 is 18.8 Å². The minimum absolute atomic E-state index is 0.552. The van der Waals surface area contributed by atoms with Crippen molar-refractivity contribution in [1.29, 1.82) is 0 Å². The summed E-state index contributed by atoms with van der Waals surface area (Å²) >= 11 is -3.65. The number of hydrogen-bond donors (Lipinski definition) is 0. The van der Waals surface area contributed by atoms with E-state index in [1.807, 2.05) is 0 Å². The van der Waals surface area contributed by atoms with E-state index in [1.54, 1.807) is 22.3 Å². The molecule has 0 saturated carbocycles. The Morgan fingerprint density at radius 1 is 0.564 bits per heavy atom. The van der Waals surface area contributed by atoms with E-state index in [0.29, 0.717) is 7.25 Å². The topological polar surface area (TPSA) is 0 Å². The van der Waals surface area contributed by atoms with Crippen LogP contribution in [0, 0.1) is 0 Å². The van der Waals surface area contributed by atoms with Gasteiger partial charge in [0, 0.05) is 0 Å². The van der Waals surface area contributed by atoms with Gasteiger partial charge in [0.15, 0.2) is 0 Å². The third kappa shape index (κ3) is 4.29. The summed E-state index contributed by atoms with van der Waals surface area (Å²) in [5.41, 5.74) is 14.7. The Kier molecular flexibility index (Phi) is 6.79. The predicted molar refractivity (Wildman–Crippen MR) is 168 cm³/mol. The molecule has 1 heteroatoms. The van der Waals surface area contributed by atoms with Gasteiger partial charge in [0.1, 0.15) is 0 Å². The van der Waals surface area contributed by atoms with Crippen molar-refractivity contribution in [3.05, 3.63) is 130 Å². The van der Waals surface area contributed by atoms with Gasteiger partial charge in [0.25, 0.3) is 0 Å². The second-order valence-corrected chi connectivity index (χ2v) is 31.5. The van der Waals surface area contributed by atoms with Crippen molar-refractivity contribution in [3.63, 3.8) is 0 Å². The van der Waals surface area contributed by atoms with Crippen molar-refractivity contribution in [2.75, 3.05) is 0 Å². The Morgan fingerprint density at radius 2 is 1.00 bits per heavy atom. The second-order valence-electron chi connectivity index (χ2n) is 13.0. The van der Waals surface area contributed by atoms with Crippen molar-refractivity contribution in [3.8, 4) is 22.3 Å². The predicted octanol–water partition coefficient (Wildman–Crippen LogP) is 11.6. The van der Waals surface area contributed by atoms with Crippen LogP contribution in [-0.2, 0) is 18.8 Å². The van der Waals surface area contributed by atoms with Crippen LogP contribution in [0.1, 0.15) is 63.1 Å². The molecule has 0 spiro atoms. The molecule has 197 valence electrons. The molecule has 0 radical (unpaired) electrons. The second kappa shape index (κ2) is 10.0. The van der Waals surface area contributed by atoms with Crippen LogP contribution in [0.5, 0.6) is 0 Å². The Morgan fingerprint density at radius 3 is 1.41 bits per heavy atom. The van der Waals surface area contributed by atoms with Crippen molar-refractivity contribution < 1.29 is 18.8 Å². The first-order chi connectivity index (χ1) is 18.8. The van der Waals surface area contributed by atoms with E-state index in [4.69, 9.17) is 0 Å². The first-order valence-corrected chi connectivity index (χ1v) is 24.2. The zero-order valence-corrected chi connectivity index (χ0v) is 26.6. The molecule has 0 N–H and O–H groups in total. The van der Waals surface area contributed by atoms with Gasteiger partial charge in [-0.1, -0.05) is 0 Å². The SMILES string of the molecule is CCC[CH2][Zr]([CH3])([CH3])([CH]1C(C)=Cc2c(-c3ccccc3)cccc21)[CH]1C(C)=Cc2c(-c3ccccc3)cccc21. The van der Waals surface area contributed by atoms with Crippen molar-refractivity contribution in [2.24, 2.45) is 0 Å². The van der Waals surface area contributed by atoms with E-state index in [2.05, 4.69) is 139 Å². The van der Waals surface area contributed by atoms with E-state index in [1.165, 1.54) is 50.4 Å². The van der Waals surface area contributed by atoms with Crippen LogP contribution >= 0.6 is 0 Å². The number of allylic oxidation sites excluding steroid dienone is 2. The van der Waals surface area contributed by atoms with Gasteiger partial charge in [-0.2, -0.15) is 0 Å². The summed E-state index contributed by atoms with van der Waals surface area (Å²) in [6.07, 6.45) is 7.66. The molecule has 0 amide bonds. The molecule has 2 unspecified atom stereocenters. The van der Waals surface area contributed by atoms with Crippen LogP contribution in [-0.4, -0.2) is 0 Å². The van der Waals surface area contributed by atoms with Crippen LogP contribution in [0.4, 0.5) is 0 Å². The maximum absolute atomic E-state index is 3.65.